The smallest absolute Gasteiger partial charge is 0.231 e. The standard InChI is InChI=1S/C30H38N6O3S/c1-18(2)39-26-17-22(23-10-8-9-14-31-23)20(5)16-25(26)34-30-35-28-21(13-15-32-28)29(36-30)33-24-11-6-7-12-27(24)40(37,38)19(3)4/h6-7,11-13,15-19,23,31H,8-10,14H2,1-5H3,(H3,32,33,34,35,36). The normalized spacial score (nSPS) is 16.0. The number of aromatic amines is 1. The summed E-state index contributed by atoms with van der Waals surface area (Å²) < 4.78 is 32.4. The zero-order chi connectivity index (χ0) is 28.4. The van der Waals surface area contributed by atoms with E-state index in [2.05, 4.69) is 40.0 Å². The number of fused-ring (bicyclic) bond motifs is 1. The van der Waals surface area contributed by atoms with Crippen molar-refractivity contribution >= 4 is 44.0 Å². The average Bonchev–Trinajstić information content (AvgIpc) is 3.40. The Balaban J connectivity index is 1.53. The van der Waals surface area contributed by atoms with Gasteiger partial charge in [0.15, 0.2) is 9.84 Å². The monoisotopic (exact) mass is 562 g/mol. The van der Waals surface area contributed by atoms with Gasteiger partial charge in [-0.15, -0.1) is 0 Å². The Morgan fingerprint density at radius 3 is 2.52 bits per heavy atom. The molecular weight excluding hydrogens is 524 g/mol. The van der Waals surface area contributed by atoms with E-state index in [9.17, 15) is 8.42 Å². The van der Waals surface area contributed by atoms with Gasteiger partial charge in [-0.05, 0) is 95.5 Å². The van der Waals surface area contributed by atoms with Crippen molar-refractivity contribution in [3.63, 3.8) is 0 Å². The Hall–Kier alpha value is -3.63. The topological polar surface area (TPSA) is 121 Å². The van der Waals surface area contributed by atoms with E-state index >= 15 is 0 Å². The summed E-state index contributed by atoms with van der Waals surface area (Å²) in [5.74, 6) is 1.59. The number of rotatable bonds is 9. The second-order valence-corrected chi connectivity index (χ2v) is 13.3. The van der Waals surface area contributed by atoms with Crippen molar-refractivity contribution in [2.24, 2.45) is 0 Å². The van der Waals surface area contributed by atoms with Crippen molar-refractivity contribution in [1.82, 2.24) is 20.3 Å². The molecule has 40 heavy (non-hydrogen) atoms. The number of para-hydroxylation sites is 1. The molecule has 2 aromatic heterocycles. The number of hydrogen-bond donors (Lipinski definition) is 4. The molecule has 0 amide bonds. The molecule has 0 bridgehead atoms. The van der Waals surface area contributed by atoms with Gasteiger partial charge in [0, 0.05) is 12.2 Å². The van der Waals surface area contributed by atoms with Crippen LogP contribution in [0.2, 0.25) is 0 Å². The molecule has 9 nitrogen and oxygen atoms in total. The molecule has 1 aliphatic heterocycles. The van der Waals surface area contributed by atoms with Crippen LogP contribution in [0.15, 0.2) is 53.6 Å². The van der Waals surface area contributed by atoms with Gasteiger partial charge in [0.25, 0.3) is 0 Å². The third-order valence-corrected chi connectivity index (χ3v) is 9.36. The van der Waals surface area contributed by atoms with E-state index < -0.39 is 15.1 Å². The summed E-state index contributed by atoms with van der Waals surface area (Å²) in [4.78, 5) is 12.9. The highest BCUT2D eigenvalue weighted by Gasteiger charge is 2.24. The van der Waals surface area contributed by atoms with Crippen molar-refractivity contribution < 1.29 is 13.2 Å². The number of ether oxygens (including phenoxy) is 1. The van der Waals surface area contributed by atoms with Gasteiger partial charge in [-0.25, -0.2) is 8.42 Å². The second kappa shape index (κ2) is 11.5. The highest BCUT2D eigenvalue weighted by atomic mass is 32.2. The maximum Gasteiger partial charge on any atom is 0.231 e. The van der Waals surface area contributed by atoms with Crippen molar-refractivity contribution in [2.45, 2.75) is 76.2 Å². The highest BCUT2D eigenvalue weighted by molar-refractivity contribution is 7.92. The third-order valence-electron chi connectivity index (χ3n) is 7.15. The van der Waals surface area contributed by atoms with Crippen molar-refractivity contribution in [3.05, 3.63) is 59.8 Å². The fourth-order valence-corrected chi connectivity index (χ4v) is 6.26. The zero-order valence-corrected chi connectivity index (χ0v) is 24.5. The van der Waals surface area contributed by atoms with Crippen molar-refractivity contribution in [1.29, 1.82) is 0 Å². The molecule has 1 fully saturated rings. The van der Waals surface area contributed by atoms with Crippen LogP contribution >= 0.6 is 0 Å². The quantitative estimate of drug-likeness (QED) is 0.182. The van der Waals surface area contributed by atoms with Gasteiger partial charge in [-0.2, -0.15) is 9.97 Å². The first-order valence-corrected chi connectivity index (χ1v) is 15.4. The number of aromatic nitrogens is 3. The fraction of sp³-hybridized carbons (Fsp3) is 0.400. The van der Waals surface area contributed by atoms with E-state index in [-0.39, 0.29) is 11.0 Å². The highest BCUT2D eigenvalue weighted by Crippen LogP contribution is 2.37. The van der Waals surface area contributed by atoms with Gasteiger partial charge < -0.3 is 25.7 Å². The molecule has 2 aromatic carbocycles. The van der Waals surface area contributed by atoms with Crippen LogP contribution in [0.25, 0.3) is 11.0 Å². The Labute approximate surface area is 236 Å². The summed E-state index contributed by atoms with van der Waals surface area (Å²) in [5.41, 5.74) is 4.25. The van der Waals surface area contributed by atoms with Crippen LogP contribution in [0.5, 0.6) is 5.75 Å². The first-order chi connectivity index (χ1) is 19.1. The minimum atomic E-state index is -3.51. The van der Waals surface area contributed by atoms with Crippen molar-refractivity contribution in [3.8, 4) is 5.75 Å². The third kappa shape index (κ3) is 5.78. The van der Waals surface area contributed by atoms with Crippen LogP contribution in [-0.4, -0.2) is 41.3 Å². The van der Waals surface area contributed by atoms with E-state index in [0.717, 1.165) is 35.4 Å². The molecule has 10 heteroatoms. The Kier molecular flexibility index (Phi) is 8.00. The predicted octanol–water partition coefficient (Wildman–Crippen LogP) is 6.54. The number of nitrogens with one attached hydrogen (secondary N) is 4. The maximum absolute atomic E-state index is 13.1. The van der Waals surface area contributed by atoms with Gasteiger partial charge in [-0.1, -0.05) is 18.6 Å². The van der Waals surface area contributed by atoms with Gasteiger partial charge in [0.2, 0.25) is 5.95 Å². The molecule has 0 radical (unpaired) electrons. The summed E-state index contributed by atoms with van der Waals surface area (Å²) in [6.07, 6.45) is 5.28. The minimum Gasteiger partial charge on any atom is -0.489 e. The molecule has 0 aliphatic carbocycles. The summed E-state index contributed by atoms with van der Waals surface area (Å²) in [6.45, 7) is 10.5. The lowest BCUT2D eigenvalue weighted by Crippen LogP contribution is -2.27. The molecule has 212 valence electrons. The molecule has 1 atom stereocenters. The van der Waals surface area contributed by atoms with Gasteiger partial charge in [0.05, 0.1) is 33.0 Å². The number of benzene rings is 2. The second-order valence-electron chi connectivity index (χ2n) is 10.8. The molecule has 1 unspecified atom stereocenters. The summed E-state index contributed by atoms with van der Waals surface area (Å²) >= 11 is 0. The van der Waals surface area contributed by atoms with Gasteiger partial charge in [0.1, 0.15) is 17.2 Å². The maximum atomic E-state index is 13.1. The van der Waals surface area contributed by atoms with Gasteiger partial charge in [-0.3, -0.25) is 0 Å². The molecule has 0 saturated carbocycles. The predicted molar refractivity (Wildman–Crippen MR) is 161 cm³/mol. The summed E-state index contributed by atoms with van der Waals surface area (Å²) in [5, 5.41) is 10.5. The first kappa shape index (κ1) is 27.9. The van der Waals surface area contributed by atoms with E-state index in [1.165, 1.54) is 18.4 Å². The largest absolute Gasteiger partial charge is 0.489 e. The van der Waals surface area contributed by atoms with Crippen LogP contribution in [0.3, 0.4) is 0 Å². The average molecular weight is 563 g/mol. The first-order valence-electron chi connectivity index (χ1n) is 13.9. The molecule has 4 aromatic rings. The van der Waals surface area contributed by atoms with E-state index in [1.54, 1.807) is 44.3 Å². The number of nitrogens with zero attached hydrogens (tertiary/aromatic N) is 2. The minimum absolute atomic E-state index is 0.0149. The van der Waals surface area contributed by atoms with Crippen LogP contribution < -0.4 is 20.7 Å². The molecule has 5 rings (SSSR count). The lowest BCUT2D eigenvalue weighted by molar-refractivity contribution is 0.243. The number of hydrogen-bond acceptors (Lipinski definition) is 8. The lowest BCUT2D eigenvalue weighted by atomic mass is 9.93. The van der Waals surface area contributed by atoms with Crippen LogP contribution in [-0.2, 0) is 9.84 Å². The molecule has 0 spiro atoms. The molecule has 1 saturated heterocycles. The molecule has 3 heterocycles. The molecule has 1 aliphatic rings. The molecule has 4 N–H and O–H groups in total. The number of aryl methyl sites for hydroxylation is 1. The Bertz CT molecular complexity index is 1610. The van der Waals surface area contributed by atoms with E-state index in [4.69, 9.17) is 14.7 Å². The number of anilines is 4. The van der Waals surface area contributed by atoms with E-state index in [0.29, 0.717) is 29.1 Å². The SMILES string of the molecule is Cc1cc(Nc2nc(Nc3ccccc3S(=O)(=O)C(C)C)c3cc[nH]c3n2)c(OC(C)C)cc1C1CCCCN1. The fourth-order valence-electron chi connectivity index (χ4n) is 5.06. The zero-order valence-electron chi connectivity index (χ0n) is 23.7. The number of H-pyrrole nitrogens is 1. The van der Waals surface area contributed by atoms with Gasteiger partial charge >= 0.3 is 0 Å². The summed E-state index contributed by atoms with van der Waals surface area (Å²) in [6, 6.07) is 13.3. The summed E-state index contributed by atoms with van der Waals surface area (Å²) in [7, 11) is -3.51. The molecular formula is C30H38N6O3S. The van der Waals surface area contributed by atoms with Crippen LogP contribution in [0, 0.1) is 6.92 Å². The number of sulfone groups is 1. The van der Waals surface area contributed by atoms with E-state index in [1.807, 2.05) is 19.9 Å². The lowest BCUT2D eigenvalue weighted by Gasteiger charge is -2.27. The van der Waals surface area contributed by atoms with Crippen LogP contribution in [0.4, 0.5) is 23.1 Å². The Morgan fingerprint density at radius 2 is 1.80 bits per heavy atom. The van der Waals surface area contributed by atoms with Crippen LogP contribution in [0.1, 0.15) is 64.1 Å². The Morgan fingerprint density at radius 1 is 1.00 bits per heavy atom. The van der Waals surface area contributed by atoms with Crippen molar-refractivity contribution in [2.75, 3.05) is 17.2 Å². The number of piperidine rings is 1.